The number of fused-ring (bicyclic) bond motifs is 2. The number of rotatable bonds is 11. The fraction of sp³-hybridized carbons (Fsp3) is 0.333. The van der Waals surface area contributed by atoms with E-state index < -0.39 is 20.0 Å². The normalized spacial score (nSPS) is 22.0. The second-order valence-electron chi connectivity index (χ2n) is 14.0. The topological polar surface area (TPSA) is 132 Å². The van der Waals surface area contributed by atoms with Crippen LogP contribution in [0, 0.1) is 5.92 Å². The molecule has 264 valence electrons. The molecule has 3 aromatic carbocycles. The summed E-state index contributed by atoms with van der Waals surface area (Å²) in [6, 6.07) is 28.4. The quantitative estimate of drug-likeness (QED) is 0.184. The van der Waals surface area contributed by atoms with Crippen LogP contribution in [0.5, 0.6) is 5.75 Å². The number of hydrogen-bond donors (Lipinski definition) is 2. The minimum Gasteiger partial charge on any atom is -0.491 e. The Bertz CT molecular complexity index is 2100. The predicted molar refractivity (Wildman–Crippen MR) is 195 cm³/mol. The number of anilines is 1. The van der Waals surface area contributed by atoms with E-state index in [4.69, 9.17) is 9.47 Å². The number of pyridine rings is 1. The standard InChI is InChI=1S/C39H43N5O6Si/c1-26-36(51(3,4)48)34(19-21-42-24-32(40-41-42)30(25-45)28-13-6-5-7-14-28)50-39(26)31-16-8-9-17-33(31)44(38(39)47)23-27-12-10-15-29(22-27)43-20-11-18-35(49-2)37(43)46/h5-18,20,22,24,26,30,34,36,45,48H,19,21,23,25H2,1-4H3/t26-,30?,34+,36-,39+/m0/s1. The molecular weight excluding hydrogens is 663 g/mol. The van der Waals surface area contributed by atoms with Gasteiger partial charge < -0.3 is 24.3 Å². The van der Waals surface area contributed by atoms with Gasteiger partial charge in [-0.2, -0.15) is 0 Å². The number of aliphatic hydroxyl groups is 1. The van der Waals surface area contributed by atoms with Gasteiger partial charge in [0, 0.05) is 41.6 Å². The number of aliphatic hydroxyl groups excluding tert-OH is 1. The van der Waals surface area contributed by atoms with Crippen LogP contribution in [0.1, 0.15) is 41.6 Å². The van der Waals surface area contributed by atoms with Crippen LogP contribution in [0.25, 0.3) is 5.69 Å². The first-order valence-electron chi connectivity index (χ1n) is 17.3. The summed E-state index contributed by atoms with van der Waals surface area (Å²) >= 11 is 0. The number of nitrogens with zero attached hydrogens (tertiary/aromatic N) is 5. The van der Waals surface area contributed by atoms with E-state index >= 15 is 0 Å². The number of aryl methyl sites for hydroxylation is 1. The highest BCUT2D eigenvalue weighted by Gasteiger charge is 2.66. The summed E-state index contributed by atoms with van der Waals surface area (Å²) in [5.41, 5.74) is 2.91. The maximum atomic E-state index is 14.8. The van der Waals surface area contributed by atoms with Crippen LogP contribution in [0.3, 0.4) is 0 Å². The molecule has 1 amide bonds. The molecule has 51 heavy (non-hydrogen) atoms. The Kier molecular flexibility index (Phi) is 9.27. The first-order chi connectivity index (χ1) is 24.6. The van der Waals surface area contributed by atoms with Crippen LogP contribution in [-0.4, -0.2) is 63.5 Å². The van der Waals surface area contributed by atoms with E-state index in [0.717, 1.165) is 22.4 Å². The summed E-state index contributed by atoms with van der Waals surface area (Å²) in [5, 5.41) is 18.9. The molecular formula is C39H43N5O6Si. The van der Waals surface area contributed by atoms with Gasteiger partial charge in [0.05, 0.1) is 43.7 Å². The number of methoxy groups -OCH3 is 1. The van der Waals surface area contributed by atoms with E-state index in [1.807, 2.05) is 105 Å². The molecule has 1 spiro atoms. The van der Waals surface area contributed by atoms with Crippen molar-refractivity contribution in [2.75, 3.05) is 18.6 Å². The molecule has 7 rings (SSSR count). The van der Waals surface area contributed by atoms with Gasteiger partial charge in [-0.05, 0) is 61.0 Å². The Labute approximate surface area is 297 Å². The molecule has 0 bridgehead atoms. The average molecular weight is 706 g/mol. The largest absolute Gasteiger partial charge is 0.491 e. The highest BCUT2D eigenvalue weighted by Crippen LogP contribution is 2.59. The van der Waals surface area contributed by atoms with Crippen molar-refractivity contribution in [1.29, 1.82) is 0 Å². The first kappa shape index (κ1) is 34.6. The molecule has 5 aromatic rings. The van der Waals surface area contributed by atoms with Gasteiger partial charge in [-0.25, -0.2) is 0 Å². The molecule has 11 nitrogen and oxygen atoms in total. The van der Waals surface area contributed by atoms with Crippen molar-refractivity contribution in [2.45, 2.75) is 62.7 Å². The molecule has 1 fully saturated rings. The van der Waals surface area contributed by atoms with E-state index in [1.54, 1.807) is 27.9 Å². The fourth-order valence-electron chi connectivity index (χ4n) is 8.18. The minimum absolute atomic E-state index is 0.0946. The van der Waals surface area contributed by atoms with E-state index in [2.05, 4.69) is 10.3 Å². The number of amides is 1. The van der Waals surface area contributed by atoms with Gasteiger partial charge in [0.25, 0.3) is 11.5 Å². The number of hydrogen-bond acceptors (Lipinski definition) is 8. The van der Waals surface area contributed by atoms with Crippen molar-refractivity contribution in [3.8, 4) is 11.4 Å². The second-order valence-corrected chi connectivity index (χ2v) is 18.0. The summed E-state index contributed by atoms with van der Waals surface area (Å²) in [6.45, 7) is 6.50. The molecule has 2 aromatic heterocycles. The van der Waals surface area contributed by atoms with E-state index in [0.29, 0.717) is 24.3 Å². The smallest absolute Gasteiger partial charge is 0.297 e. The number of para-hydroxylation sites is 1. The van der Waals surface area contributed by atoms with E-state index in [-0.39, 0.29) is 47.7 Å². The Morgan fingerprint density at radius 1 is 1.00 bits per heavy atom. The molecule has 0 radical (unpaired) electrons. The molecule has 0 saturated carbocycles. The molecule has 5 atom stereocenters. The molecule has 4 heterocycles. The third-order valence-electron chi connectivity index (χ3n) is 10.5. The van der Waals surface area contributed by atoms with Crippen molar-refractivity contribution >= 4 is 19.9 Å². The first-order valence-corrected chi connectivity index (χ1v) is 20.3. The fourth-order valence-corrected chi connectivity index (χ4v) is 10.8. The van der Waals surface area contributed by atoms with Crippen molar-refractivity contribution in [3.63, 3.8) is 0 Å². The molecule has 1 saturated heterocycles. The second kappa shape index (κ2) is 13.7. The van der Waals surface area contributed by atoms with Gasteiger partial charge in [0.1, 0.15) is 0 Å². The lowest BCUT2D eigenvalue weighted by Crippen LogP contribution is -2.46. The van der Waals surface area contributed by atoms with Gasteiger partial charge in [0.15, 0.2) is 19.7 Å². The zero-order valence-electron chi connectivity index (χ0n) is 29.2. The van der Waals surface area contributed by atoms with Crippen LogP contribution in [0.2, 0.25) is 18.6 Å². The number of carbonyl (C=O) groups excluding carboxylic acids is 1. The van der Waals surface area contributed by atoms with Crippen molar-refractivity contribution < 1.29 is 24.2 Å². The Balaban J connectivity index is 1.17. The molecule has 2 aliphatic heterocycles. The van der Waals surface area contributed by atoms with Crippen molar-refractivity contribution in [2.24, 2.45) is 5.92 Å². The highest BCUT2D eigenvalue weighted by atomic mass is 28.4. The zero-order chi connectivity index (χ0) is 35.9. The van der Waals surface area contributed by atoms with Crippen molar-refractivity contribution in [3.05, 3.63) is 136 Å². The number of carbonyl (C=O) groups is 1. The molecule has 2 N–H and O–H groups in total. The maximum absolute atomic E-state index is 14.8. The van der Waals surface area contributed by atoms with Gasteiger partial charge in [-0.1, -0.05) is 72.8 Å². The molecule has 0 aliphatic carbocycles. The summed E-state index contributed by atoms with van der Waals surface area (Å²) in [6.07, 6.45) is 3.64. The Morgan fingerprint density at radius 2 is 1.76 bits per heavy atom. The SMILES string of the molecule is COc1cccn(-c2cccc(CN3C(=O)[C@]4(O[C@H](CCn5cc(C(CO)c6ccccc6)nn5)[C@@H]([Si](C)(C)O)[C@@H]4C)c4ccccc43)c2)c1=O. The van der Waals surface area contributed by atoms with Crippen LogP contribution >= 0.6 is 0 Å². The summed E-state index contributed by atoms with van der Waals surface area (Å²) in [7, 11) is -1.40. The third kappa shape index (κ3) is 6.11. The predicted octanol–water partition coefficient (Wildman–Crippen LogP) is 5.00. The van der Waals surface area contributed by atoms with Crippen LogP contribution < -0.4 is 15.2 Å². The van der Waals surface area contributed by atoms with Crippen LogP contribution in [0.15, 0.2) is 108 Å². The molecule has 2 aliphatic rings. The molecule has 12 heteroatoms. The van der Waals surface area contributed by atoms with Crippen molar-refractivity contribution in [1.82, 2.24) is 19.6 Å². The van der Waals surface area contributed by atoms with Crippen LogP contribution in [-0.2, 0) is 28.2 Å². The Morgan fingerprint density at radius 3 is 2.51 bits per heavy atom. The summed E-state index contributed by atoms with van der Waals surface area (Å²) in [5.74, 6) is -0.523. The molecule has 1 unspecified atom stereocenters. The monoisotopic (exact) mass is 705 g/mol. The minimum atomic E-state index is -2.87. The van der Waals surface area contributed by atoms with Gasteiger partial charge in [0.2, 0.25) is 0 Å². The lowest BCUT2D eigenvalue weighted by molar-refractivity contribution is -0.146. The summed E-state index contributed by atoms with van der Waals surface area (Å²) in [4.78, 5) is 41.3. The van der Waals surface area contributed by atoms with E-state index in [1.165, 1.54) is 11.7 Å². The zero-order valence-corrected chi connectivity index (χ0v) is 30.2. The van der Waals surface area contributed by atoms with Crippen LogP contribution in [0.4, 0.5) is 5.69 Å². The summed E-state index contributed by atoms with van der Waals surface area (Å²) < 4.78 is 15.5. The van der Waals surface area contributed by atoms with Gasteiger partial charge in [-0.3, -0.25) is 18.8 Å². The highest BCUT2D eigenvalue weighted by molar-refractivity contribution is 6.71. The lowest BCUT2D eigenvalue weighted by Gasteiger charge is -2.32. The Hall–Kier alpha value is -4.88. The number of aromatic nitrogens is 4. The average Bonchev–Trinajstić information content (AvgIpc) is 3.78. The van der Waals surface area contributed by atoms with E-state index in [9.17, 15) is 19.5 Å². The van der Waals surface area contributed by atoms with Gasteiger partial charge in [-0.15, -0.1) is 5.10 Å². The number of ether oxygens (including phenoxy) is 2. The lowest BCUT2D eigenvalue weighted by atomic mass is 9.82. The third-order valence-corrected chi connectivity index (χ3v) is 13.0. The maximum Gasteiger partial charge on any atom is 0.297 e. The van der Waals surface area contributed by atoms with Gasteiger partial charge >= 0.3 is 0 Å². The number of benzene rings is 3.